The summed E-state index contributed by atoms with van der Waals surface area (Å²) in [5.41, 5.74) is 2.39. The summed E-state index contributed by atoms with van der Waals surface area (Å²) >= 11 is 0. The van der Waals surface area contributed by atoms with Crippen molar-refractivity contribution >= 4 is 38.8 Å². The van der Waals surface area contributed by atoms with Crippen LogP contribution < -0.4 is 26.3 Å². The van der Waals surface area contributed by atoms with Crippen molar-refractivity contribution in [3.8, 4) is 5.75 Å². The van der Waals surface area contributed by atoms with Gasteiger partial charge in [-0.25, -0.2) is 4.98 Å². The smallest absolute Gasteiger partial charge is 0.282 e. The molecule has 0 fully saturated rings. The molecule has 0 spiro atoms. The largest absolute Gasteiger partial charge is 0.506 e. The molecule has 4 aromatic rings. The lowest BCUT2D eigenvalue weighted by Gasteiger charge is -2.15. The molecule has 0 saturated carbocycles. The SMILES string of the molecule is COc1cc(Nc2ccc(C)cc2)c2c3c1nc(=O)c(=C(O)c1ccccc1)c=3c1ccccc1c2=O. The second-order valence-corrected chi connectivity index (χ2v) is 8.97. The third kappa shape index (κ3) is 3.53. The molecule has 6 heteroatoms. The van der Waals surface area contributed by atoms with E-state index in [1.165, 1.54) is 7.11 Å². The van der Waals surface area contributed by atoms with E-state index in [4.69, 9.17) is 4.74 Å². The van der Waals surface area contributed by atoms with Gasteiger partial charge in [0.2, 0.25) is 0 Å². The van der Waals surface area contributed by atoms with E-state index in [2.05, 4.69) is 10.3 Å². The molecule has 6 rings (SSSR count). The normalized spacial score (nSPS) is 12.3. The predicted octanol–water partition coefficient (Wildman–Crippen LogP) is 4.77. The minimum absolute atomic E-state index is 0.0504. The number of hydrogen-bond donors (Lipinski definition) is 2. The van der Waals surface area contributed by atoms with E-state index < -0.39 is 5.56 Å². The number of benzene rings is 4. The first kappa shape index (κ1) is 22.5. The number of ether oxygens (including phenoxy) is 1. The predicted molar refractivity (Wildman–Crippen MR) is 146 cm³/mol. The van der Waals surface area contributed by atoms with Gasteiger partial charge in [0.1, 0.15) is 17.0 Å². The summed E-state index contributed by atoms with van der Waals surface area (Å²) < 4.78 is 5.64. The van der Waals surface area contributed by atoms with Crippen LogP contribution in [0.15, 0.2) is 94.5 Å². The standard InChI is InChI=1S/C31H22N2O4/c1-17-12-14-19(15-13-17)32-22-16-23(37-2)28-26-24(20-10-6-7-11-21(20)30(35)25(22)26)27(31(36)33-28)29(34)18-8-4-3-5-9-18/h3-16,32,34H,1-2H3. The van der Waals surface area contributed by atoms with Crippen molar-refractivity contribution in [2.45, 2.75) is 6.92 Å². The van der Waals surface area contributed by atoms with Gasteiger partial charge >= 0.3 is 0 Å². The molecule has 1 aliphatic heterocycles. The molecule has 180 valence electrons. The van der Waals surface area contributed by atoms with Crippen molar-refractivity contribution in [2.75, 3.05) is 12.4 Å². The van der Waals surface area contributed by atoms with Gasteiger partial charge in [-0.3, -0.25) is 9.59 Å². The first-order valence-electron chi connectivity index (χ1n) is 11.8. The Hall–Kier alpha value is -4.97. The maximum atomic E-state index is 13.9. The second-order valence-electron chi connectivity index (χ2n) is 8.97. The number of nitrogens with zero attached hydrogens (tertiary/aromatic N) is 1. The fourth-order valence-corrected chi connectivity index (χ4v) is 4.94. The first-order chi connectivity index (χ1) is 18.0. The number of nitrogens with one attached hydrogen (secondary N) is 1. The molecule has 1 heterocycles. The highest BCUT2D eigenvalue weighted by Crippen LogP contribution is 2.33. The monoisotopic (exact) mass is 486 g/mol. The number of rotatable bonds is 4. The lowest BCUT2D eigenvalue weighted by Crippen LogP contribution is -2.33. The molecule has 0 saturated heterocycles. The van der Waals surface area contributed by atoms with Gasteiger partial charge < -0.3 is 15.2 Å². The molecule has 4 aromatic carbocycles. The van der Waals surface area contributed by atoms with Crippen molar-refractivity contribution in [2.24, 2.45) is 0 Å². The highest BCUT2D eigenvalue weighted by molar-refractivity contribution is 5.97. The number of hydrogen-bond acceptors (Lipinski definition) is 6. The number of aliphatic hydroxyl groups is 1. The Morgan fingerprint density at radius 3 is 2.24 bits per heavy atom. The number of methoxy groups -OCH3 is 1. The van der Waals surface area contributed by atoms with Gasteiger partial charge in [0.15, 0.2) is 5.43 Å². The van der Waals surface area contributed by atoms with Crippen molar-refractivity contribution in [1.82, 2.24) is 4.98 Å². The molecular weight excluding hydrogens is 464 g/mol. The molecule has 0 unspecified atom stereocenters. The van der Waals surface area contributed by atoms with E-state index in [1.54, 1.807) is 48.5 Å². The van der Waals surface area contributed by atoms with Gasteiger partial charge in [-0.2, -0.15) is 0 Å². The van der Waals surface area contributed by atoms with Crippen LogP contribution in [0.2, 0.25) is 0 Å². The Bertz CT molecular complexity index is 2040. The van der Waals surface area contributed by atoms with Crippen LogP contribution in [0.1, 0.15) is 11.1 Å². The summed E-state index contributed by atoms with van der Waals surface area (Å²) in [6.07, 6.45) is 0. The molecule has 0 aromatic heterocycles. The maximum Gasteiger partial charge on any atom is 0.282 e. The minimum Gasteiger partial charge on any atom is -0.506 e. The highest BCUT2D eigenvalue weighted by atomic mass is 16.5. The molecule has 0 amide bonds. The maximum absolute atomic E-state index is 13.9. The number of aryl methyl sites for hydroxylation is 1. The Morgan fingerprint density at radius 2 is 1.54 bits per heavy atom. The third-order valence-electron chi connectivity index (χ3n) is 6.69. The molecule has 6 nitrogen and oxygen atoms in total. The lowest BCUT2D eigenvalue weighted by molar-refractivity contribution is 0.418. The lowest BCUT2D eigenvalue weighted by atomic mass is 9.96. The summed E-state index contributed by atoms with van der Waals surface area (Å²) in [4.78, 5) is 31.7. The van der Waals surface area contributed by atoms with E-state index in [0.717, 1.165) is 11.3 Å². The zero-order valence-electron chi connectivity index (χ0n) is 20.2. The van der Waals surface area contributed by atoms with E-state index in [0.29, 0.717) is 43.6 Å². The third-order valence-corrected chi connectivity index (χ3v) is 6.69. The van der Waals surface area contributed by atoms with Crippen molar-refractivity contribution in [3.63, 3.8) is 0 Å². The molecule has 0 atom stereocenters. The van der Waals surface area contributed by atoms with Crippen LogP contribution in [0.3, 0.4) is 0 Å². The van der Waals surface area contributed by atoms with E-state index in [1.807, 2.05) is 43.3 Å². The quantitative estimate of drug-likeness (QED) is 0.373. The van der Waals surface area contributed by atoms with Gasteiger partial charge in [-0.15, -0.1) is 0 Å². The number of anilines is 2. The van der Waals surface area contributed by atoms with E-state index in [9.17, 15) is 14.7 Å². The summed E-state index contributed by atoms with van der Waals surface area (Å²) in [5.74, 6) is 0.158. The first-order valence-corrected chi connectivity index (χ1v) is 11.8. The van der Waals surface area contributed by atoms with Crippen LogP contribution in [0.4, 0.5) is 11.4 Å². The Kier molecular flexibility index (Phi) is 5.23. The Labute approximate surface area is 211 Å². The van der Waals surface area contributed by atoms with Crippen LogP contribution in [0, 0.1) is 17.4 Å². The van der Waals surface area contributed by atoms with Gasteiger partial charge in [-0.05, 0) is 24.4 Å². The molecule has 2 aliphatic rings. The van der Waals surface area contributed by atoms with Crippen LogP contribution in [-0.2, 0) is 0 Å². The number of aliphatic hydroxyl groups excluding tert-OH is 1. The van der Waals surface area contributed by atoms with Crippen LogP contribution in [0.5, 0.6) is 5.75 Å². The van der Waals surface area contributed by atoms with Crippen molar-refractivity contribution in [3.05, 3.63) is 132 Å². The second kappa shape index (κ2) is 8.60. The van der Waals surface area contributed by atoms with Crippen LogP contribution >= 0.6 is 0 Å². The summed E-state index contributed by atoms with van der Waals surface area (Å²) in [7, 11) is 1.50. The van der Waals surface area contributed by atoms with E-state index >= 15 is 0 Å². The van der Waals surface area contributed by atoms with Crippen molar-refractivity contribution in [1.29, 1.82) is 0 Å². The average molecular weight is 487 g/mol. The highest BCUT2D eigenvalue weighted by Gasteiger charge is 2.21. The summed E-state index contributed by atoms with van der Waals surface area (Å²) in [5, 5.41) is 17.1. The summed E-state index contributed by atoms with van der Waals surface area (Å²) in [6.45, 7) is 2.00. The fourth-order valence-electron chi connectivity index (χ4n) is 4.94. The molecule has 37 heavy (non-hydrogen) atoms. The zero-order valence-corrected chi connectivity index (χ0v) is 20.2. The number of fused-ring (bicyclic) bond motifs is 2. The van der Waals surface area contributed by atoms with Crippen molar-refractivity contribution < 1.29 is 9.84 Å². The summed E-state index contributed by atoms with van der Waals surface area (Å²) in [6, 6.07) is 25.5. The molecule has 0 bridgehead atoms. The van der Waals surface area contributed by atoms with Gasteiger partial charge in [0, 0.05) is 33.1 Å². The van der Waals surface area contributed by atoms with E-state index in [-0.39, 0.29) is 21.9 Å². The van der Waals surface area contributed by atoms with Gasteiger partial charge in [-0.1, -0.05) is 72.3 Å². The number of aromatic nitrogens is 1. The molecule has 0 radical (unpaired) electrons. The topological polar surface area (TPSA) is 88.5 Å². The zero-order chi connectivity index (χ0) is 25.7. The average Bonchev–Trinajstić information content (AvgIpc) is 2.93. The van der Waals surface area contributed by atoms with Gasteiger partial charge in [0.25, 0.3) is 5.56 Å². The fraction of sp³-hybridized carbons (Fsp3) is 0.0645. The molecule has 1 aliphatic carbocycles. The molecule has 2 N–H and O–H groups in total. The van der Waals surface area contributed by atoms with Gasteiger partial charge in [0.05, 0.1) is 23.4 Å². The molecular formula is C31H22N2O4. The van der Waals surface area contributed by atoms with Crippen LogP contribution in [0.25, 0.3) is 27.4 Å². The Balaban J connectivity index is 1.91. The minimum atomic E-state index is -0.600. The Morgan fingerprint density at radius 1 is 0.865 bits per heavy atom. The van der Waals surface area contributed by atoms with Crippen LogP contribution in [-0.4, -0.2) is 17.2 Å².